The van der Waals surface area contributed by atoms with Crippen molar-refractivity contribution in [3.63, 3.8) is 0 Å². The van der Waals surface area contributed by atoms with E-state index in [2.05, 4.69) is 27.6 Å². The second kappa shape index (κ2) is 7.26. The third kappa shape index (κ3) is 3.63. The zero-order chi connectivity index (χ0) is 13.5. The third-order valence-corrected chi connectivity index (χ3v) is 3.07. The molecule has 0 amide bonds. The van der Waals surface area contributed by atoms with Gasteiger partial charge in [0.15, 0.2) is 11.5 Å². The molecule has 0 radical (unpaired) electrons. The Balaban J connectivity index is 2.99. The number of ether oxygens (including phenoxy) is 3. The van der Waals surface area contributed by atoms with E-state index in [0.717, 1.165) is 12.8 Å². The zero-order valence-electron chi connectivity index (χ0n) is 10.8. The number of benzene rings is 1. The first-order valence-corrected chi connectivity index (χ1v) is 6.52. The molecule has 0 aromatic heterocycles. The van der Waals surface area contributed by atoms with Crippen molar-refractivity contribution in [1.82, 2.24) is 0 Å². The molecule has 0 bridgehead atoms. The molecule has 100 valence electrons. The number of carbonyl (C=O) groups is 1. The van der Waals surface area contributed by atoms with Crippen LogP contribution in [0, 0.1) is 0 Å². The number of unbranched alkanes of at least 4 members (excludes halogenated alkanes) is 1. The van der Waals surface area contributed by atoms with Crippen LogP contribution in [0.4, 0.5) is 0 Å². The Hall–Kier alpha value is -1.23. The number of hydrogen-bond donors (Lipinski definition) is 0. The number of hydrogen-bond acceptors (Lipinski definition) is 4. The van der Waals surface area contributed by atoms with Gasteiger partial charge in [0.2, 0.25) is 0 Å². The molecule has 18 heavy (non-hydrogen) atoms. The van der Waals surface area contributed by atoms with Crippen LogP contribution in [0.2, 0.25) is 0 Å². The minimum atomic E-state index is -0.416. The minimum absolute atomic E-state index is 0.414. The summed E-state index contributed by atoms with van der Waals surface area (Å²) in [5, 5.41) is 0. The highest BCUT2D eigenvalue weighted by Gasteiger charge is 2.16. The molecular formula is C13H17BrO4. The van der Waals surface area contributed by atoms with E-state index in [9.17, 15) is 4.79 Å². The van der Waals surface area contributed by atoms with Crippen LogP contribution < -0.4 is 9.47 Å². The summed E-state index contributed by atoms with van der Waals surface area (Å²) in [5.41, 5.74) is 0.414. The molecule has 1 aromatic rings. The SMILES string of the molecule is CCCCOc1cc(Br)c(C(=O)OC)cc1OC. The lowest BCUT2D eigenvalue weighted by molar-refractivity contribution is 0.0599. The van der Waals surface area contributed by atoms with Gasteiger partial charge in [-0.05, 0) is 34.5 Å². The molecule has 0 fully saturated rings. The molecule has 0 heterocycles. The average Bonchev–Trinajstić information content (AvgIpc) is 2.38. The quantitative estimate of drug-likeness (QED) is 0.596. The molecule has 0 aliphatic rings. The number of esters is 1. The van der Waals surface area contributed by atoms with Crippen LogP contribution in [0.3, 0.4) is 0 Å². The molecule has 0 atom stereocenters. The van der Waals surface area contributed by atoms with E-state index in [0.29, 0.717) is 28.1 Å². The Morgan fingerprint density at radius 3 is 2.56 bits per heavy atom. The summed E-state index contributed by atoms with van der Waals surface area (Å²) in [6.07, 6.45) is 2.03. The van der Waals surface area contributed by atoms with Crippen molar-refractivity contribution < 1.29 is 19.0 Å². The van der Waals surface area contributed by atoms with Gasteiger partial charge in [0.25, 0.3) is 0 Å². The molecule has 5 heteroatoms. The minimum Gasteiger partial charge on any atom is -0.493 e. The summed E-state index contributed by atoms with van der Waals surface area (Å²) >= 11 is 3.32. The summed E-state index contributed by atoms with van der Waals surface area (Å²) in [7, 11) is 2.88. The molecule has 0 saturated carbocycles. The fourth-order valence-corrected chi connectivity index (χ4v) is 1.88. The molecule has 1 rings (SSSR count). The van der Waals surface area contributed by atoms with Gasteiger partial charge in [-0.1, -0.05) is 13.3 Å². The van der Waals surface area contributed by atoms with Crippen LogP contribution in [0.5, 0.6) is 11.5 Å². The molecular weight excluding hydrogens is 300 g/mol. The molecule has 1 aromatic carbocycles. The van der Waals surface area contributed by atoms with E-state index in [1.54, 1.807) is 12.1 Å². The van der Waals surface area contributed by atoms with Gasteiger partial charge in [0.05, 0.1) is 26.4 Å². The van der Waals surface area contributed by atoms with Gasteiger partial charge in [0.1, 0.15) is 0 Å². The Morgan fingerprint density at radius 1 is 1.28 bits per heavy atom. The highest BCUT2D eigenvalue weighted by molar-refractivity contribution is 9.10. The normalized spacial score (nSPS) is 10.0. The predicted octanol–water partition coefficient (Wildman–Crippen LogP) is 3.42. The van der Waals surface area contributed by atoms with Gasteiger partial charge in [-0.3, -0.25) is 0 Å². The van der Waals surface area contributed by atoms with Crippen LogP contribution in [0.25, 0.3) is 0 Å². The smallest absolute Gasteiger partial charge is 0.339 e. The topological polar surface area (TPSA) is 44.8 Å². The van der Waals surface area contributed by atoms with Gasteiger partial charge in [-0.2, -0.15) is 0 Å². The summed E-state index contributed by atoms with van der Waals surface area (Å²) in [6, 6.07) is 3.33. The van der Waals surface area contributed by atoms with Crippen molar-refractivity contribution in [3.8, 4) is 11.5 Å². The van der Waals surface area contributed by atoms with E-state index < -0.39 is 5.97 Å². The number of carbonyl (C=O) groups excluding carboxylic acids is 1. The largest absolute Gasteiger partial charge is 0.493 e. The summed E-state index contributed by atoms with van der Waals surface area (Å²) < 4.78 is 16.1. The Kier molecular flexibility index (Phi) is 5.98. The second-order valence-corrected chi connectivity index (χ2v) is 4.53. The lowest BCUT2D eigenvalue weighted by Crippen LogP contribution is -2.05. The van der Waals surface area contributed by atoms with Crippen LogP contribution in [-0.2, 0) is 4.74 Å². The standard InChI is InChI=1S/C13H17BrO4/c1-4-5-6-18-12-8-10(14)9(13(15)17-3)7-11(12)16-2/h7-8H,4-6H2,1-3H3. The molecule has 0 N–H and O–H groups in total. The van der Waals surface area contributed by atoms with Crippen LogP contribution in [0.15, 0.2) is 16.6 Å². The van der Waals surface area contributed by atoms with Crippen molar-refractivity contribution >= 4 is 21.9 Å². The van der Waals surface area contributed by atoms with Crippen molar-refractivity contribution in [3.05, 3.63) is 22.2 Å². The van der Waals surface area contributed by atoms with E-state index in [1.165, 1.54) is 14.2 Å². The van der Waals surface area contributed by atoms with Gasteiger partial charge in [-0.15, -0.1) is 0 Å². The maximum atomic E-state index is 11.5. The maximum absolute atomic E-state index is 11.5. The van der Waals surface area contributed by atoms with Gasteiger partial charge in [0, 0.05) is 4.47 Å². The first-order valence-electron chi connectivity index (χ1n) is 5.72. The molecule has 0 spiro atoms. The lowest BCUT2D eigenvalue weighted by Gasteiger charge is -2.12. The maximum Gasteiger partial charge on any atom is 0.339 e. The molecule has 0 saturated heterocycles. The summed E-state index contributed by atoms with van der Waals surface area (Å²) in [6.45, 7) is 2.72. The van der Waals surface area contributed by atoms with Crippen LogP contribution >= 0.6 is 15.9 Å². The van der Waals surface area contributed by atoms with Crippen molar-refractivity contribution in [2.24, 2.45) is 0 Å². The van der Waals surface area contributed by atoms with E-state index >= 15 is 0 Å². The highest BCUT2D eigenvalue weighted by Crippen LogP contribution is 2.34. The lowest BCUT2D eigenvalue weighted by atomic mass is 10.2. The number of rotatable bonds is 6. The molecule has 0 unspecified atom stereocenters. The van der Waals surface area contributed by atoms with Gasteiger partial charge in [-0.25, -0.2) is 4.79 Å². The highest BCUT2D eigenvalue weighted by atomic mass is 79.9. The monoisotopic (exact) mass is 316 g/mol. The Morgan fingerprint density at radius 2 is 2.00 bits per heavy atom. The number of halogens is 1. The molecule has 0 aliphatic heterocycles. The summed E-state index contributed by atoms with van der Waals surface area (Å²) in [4.78, 5) is 11.5. The van der Waals surface area contributed by atoms with Crippen molar-refractivity contribution in [1.29, 1.82) is 0 Å². The fraction of sp³-hybridized carbons (Fsp3) is 0.462. The predicted molar refractivity (Wildman–Crippen MR) is 72.4 cm³/mol. The van der Waals surface area contributed by atoms with Gasteiger partial charge >= 0.3 is 5.97 Å². The summed E-state index contributed by atoms with van der Waals surface area (Å²) in [5.74, 6) is 0.723. The Labute approximate surface area is 115 Å². The first kappa shape index (κ1) is 14.8. The van der Waals surface area contributed by atoms with E-state index in [-0.39, 0.29) is 0 Å². The fourth-order valence-electron chi connectivity index (χ4n) is 1.40. The van der Waals surface area contributed by atoms with Gasteiger partial charge < -0.3 is 14.2 Å². The Bertz CT molecular complexity index is 418. The second-order valence-electron chi connectivity index (χ2n) is 3.68. The first-order chi connectivity index (χ1) is 8.63. The van der Waals surface area contributed by atoms with Crippen molar-refractivity contribution in [2.45, 2.75) is 19.8 Å². The number of methoxy groups -OCH3 is 2. The molecule has 4 nitrogen and oxygen atoms in total. The van der Waals surface area contributed by atoms with Crippen molar-refractivity contribution in [2.75, 3.05) is 20.8 Å². The zero-order valence-corrected chi connectivity index (χ0v) is 12.4. The van der Waals surface area contributed by atoms with Crippen LogP contribution in [-0.4, -0.2) is 26.8 Å². The third-order valence-electron chi connectivity index (χ3n) is 2.41. The van der Waals surface area contributed by atoms with Crippen LogP contribution in [0.1, 0.15) is 30.1 Å². The average molecular weight is 317 g/mol. The van der Waals surface area contributed by atoms with E-state index in [4.69, 9.17) is 9.47 Å². The molecule has 0 aliphatic carbocycles. The van der Waals surface area contributed by atoms with E-state index in [1.807, 2.05) is 0 Å².